The fraction of sp³-hybridized carbons (Fsp3) is 0.350. The summed E-state index contributed by atoms with van der Waals surface area (Å²) in [5, 5.41) is 21.1. The van der Waals surface area contributed by atoms with Crippen molar-refractivity contribution in [1.82, 2.24) is 0 Å². The maximum atomic E-state index is 12.3. The van der Waals surface area contributed by atoms with Crippen molar-refractivity contribution in [3.05, 3.63) is 53.6 Å². The number of benzene rings is 2. The van der Waals surface area contributed by atoms with Gasteiger partial charge in [0.15, 0.2) is 17.6 Å². The van der Waals surface area contributed by atoms with E-state index in [-0.39, 0.29) is 11.7 Å². The Labute approximate surface area is 172 Å². The normalized spacial score (nSPS) is 24.0. The molecule has 2 aromatic rings. The van der Waals surface area contributed by atoms with E-state index in [4.69, 9.17) is 18.4 Å². The molecule has 9 nitrogen and oxygen atoms in total. The van der Waals surface area contributed by atoms with Gasteiger partial charge in [-0.3, -0.25) is 8.98 Å². The first kappa shape index (κ1) is 20.6. The standard InChI is InChI=1S/C20H20O9S/c1-11-2-5-13(6-3-11)30(24,25)28-9-16-19(22)17(20(23)29-16)18(21)12-4-7-14-15(8-12)27-10-26-14/h2-8,16-19,21-22H,9-10H2,1H3/t16-,17+,18+,19-/m0/s1. The van der Waals surface area contributed by atoms with Gasteiger partial charge >= 0.3 is 5.97 Å². The molecule has 0 spiro atoms. The largest absolute Gasteiger partial charge is 0.457 e. The SMILES string of the molecule is Cc1ccc(S(=O)(=O)OC[C@@H]2OC(=O)[C@H]([C@H](O)c3ccc4c(c3)OCO4)[C@H]2O)cc1. The predicted molar refractivity (Wildman–Crippen MR) is 101 cm³/mol. The van der Waals surface area contributed by atoms with Crippen LogP contribution in [0.25, 0.3) is 0 Å². The number of fused-ring (bicyclic) bond motifs is 1. The molecule has 4 rings (SSSR count). The molecule has 0 aromatic heterocycles. The van der Waals surface area contributed by atoms with Crippen LogP contribution in [0, 0.1) is 12.8 Å². The van der Waals surface area contributed by atoms with Crippen LogP contribution in [0.1, 0.15) is 17.2 Å². The van der Waals surface area contributed by atoms with Crippen LogP contribution in [-0.2, 0) is 23.8 Å². The van der Waals surface area contributed by atoms with Crippen LogP contribution in [0.5, 0.6) is 11.5 Å². The summed E-state index contributed by atoms with van der Waals surface area (Å²) in [6.07, 6.45) is -4.10. The molecule has 30 heavy (non-hydrogen) atoms. The number of esters is 1. The Balaban J connectivity index is 1.44. The van der Waals surface area contributed by atoms with Crippen LogP contribution in [0.4, 0.5) is 0 Å². The van der Waals surface area contributed by atoms with Crippen LogP contribution < -0.4 is 9.47 Å². The van der Waals surface area contributed by atoms with Crippen molar-refractivity contribution >= 4 is 16.1 Å². The van der Waals surface area contributed by atoms with Gasteiger partial charge in [0, 0.05) is 0 Å². The number of carbonyl (C=O) groups is 1. The summed E-state index contributed by atoms with van der Waals surface area (Å²) in [4.78, 5) is 12.2. The zero-order valence-electron chi connectivity index (χ0n) is 15.9. The first-order valence-electron chi connectivity index (χ1n) is 9.18. The molecule has 2 aliphatic heterocycles. The van der Waals surface area contributed by atoms with Gasteiger partial charge in [0.05, 0.1) is 11.0 Å². The summed E-state index contributed by atoms with van der Waals surface area (Å²) < 4.78 is 45.1. The molecule has 0 radical (unpaired) electrons. The Morgan fingerprint density at radius 2 is 1.83 bits per heavy atom. The summed E-state index contributed by atoms with van der Waals surface area (Å²) in [6.45, 7) is 1.29. The molecule has 0 amide bonds. The zero-order valence-corrected chi connectivity index (χ0v) is 16.7. The molecule has 0 aliphatic carbocycles. The second-order valence-electron chi connectivity index (χ2n) is 7.10. The van der Waals surface area contributed by atoms with Crippen LogP contribution in [0.2, 0.25) is 0 Å². The highest BCUT2D eigenvalue weighted by molar-refractivity contribution is 7.86. The number of ether oxygens (including phenoxy) is 3. The van der Waals surface area contributed by atoms with E-state index in [9.17, 15) is 23.4 Å². The summed E-state index contributed by atoms with van der Waals surface area (Å²) in [5.74, 6) is -1.24. The first-order chi connectivity index (χ1) is 14.3. The van der Waals surface area contributed by atoms with Gasteiger partial charge in [-0.05, 0) is 36.8 Å². The van der Waals surface area contributed by atoms with Gasteiger partial charge in [-0.25, -0.2) is 0 Å². The highest BCUT2D eigenvalue weighted by Crippen LogP contribution is 2.39. The molecule has 0 bridgehead atoms. The molecular weight excluding hydrogens is 416 g/mol. The van der Waals surface area contributed by atoms with Gasteiger partial charge in [0.2, 0.25) is 6.79 Å². The monoisotopic (exact) mass is 436 g/mol. The lowest BCUT2D eigenvalue weighted by Crippen LogP contribution is -2.34. The topological polar surface area (TPSA) is 129 Å². The van der Waals surface area contributed by atoms with Crippen LogP contribution in [-0.4, -0.2) is 50.2 Å². The number of carbonyl (C=O) groups excluding carboxylic acids is 1. The van der Waals surface area contributed by atoms with Gasteiger partial charge in [-0.15, -0.1) is 0 Å². The molecule has 1 saturated heterocycles. The first-order valence-corrected chi connectivity index (χ1v) is 10.6. The number of aliphatic hydroxyl groups is 2. The van der Waals surface area contributed by atoms with Gasteiger partial charge in [0.1, 0.15) is 18.6 Å². The molecular formula is C20H20O9S. The second kappa shape index (κ2) is 7.88. The van der Waals surface area contributed by atoms with Crippen molar-refractivity contribution in [3.8, 4) is 11.5 Å². The van der Waals surface area contributed by atoms with E-state index < -0.39 is 46.9 Å². The molecule has 2 N–H and O–H groups in total. The maximum Gasteiger partial charge on any atom is 0.315 e. The Morgan fingerprint density at radius 3 is 2.57 bits per heavy atom. The summed E-state index contributed by atoms with van der Waals surface area (Å²) in [6, 6.07) is 10.7. The number of hydrogen-bond acceptors (Lipinski definition) is 9. The van der Waals surface area contributed by atoms with Gasteiger partial charge in [0.25, 0.3) is 10.1 Å². The van der Waals surface area contributed by atoms with E-state index >= 15 is 0 Å². The number of cyclic esters (lactones) is 1. The molecule has 2 heterocycles. The third kappa shape index (κ3) is 3.86. The quantitative estimate of drug-likeness (QED) is 0.504. The van der Waals surface area contributed by atoms with Gasteiger partial charge < -0.3 is 24.4 Å². The average molecular weight is 436 g/mol. The zero-order chi connectivity index (χ0) is 21.5. The third-order valence-corrected chi connectivity index (χ3v) is 6.36. The fourth-order valence-electron chi connectivity index (χ4n) is 3.35. The van der Waals surface area contributed by atoms with E-state index in [1.807, 2.05) is 6.92 Å². The summed E-state index contributed by atoms with van der Waals surface area (Å²) in [7, 11) is -4.10. The minimum absolute atomic E-state index is 0.0520. The van der Waals surface area contributed by atoms with E-state index in [0.29, 0.717) is 17.1 Å². The second-order valence-corrected chi connectivity index (χ2v) is 8.72. The van der Waals surface area contributed by atoms with E-state index in [2.05, 4.69) is 0 Å². The highest BCUT2D eigenvalue weighted by atomic mass is 32.2. The Kier molecular flexibility index (Phi) is 5.41. The number of hydrogen-bond donors (Lipinski definition) is 2. The average Bonchev–Trinajstić information content (AvgIpc) is 3.29. The van der Waals surface area contributed by atoms with E-state index in [1.165, 1.54) is 18.2 Å². The molecule has 4 atom stereocenters. The van der Waals surface area contributed by atoms with Crippen LogP contribution >= 0.6 is 0 Å². The predicted octanol–water partition coefficient (Wildman–Crippen LogP) is 1.07. The lowest BCUT2D eigenvalue weighted by Gasteiger charge is -2.20. The smallest absolute Gasteiger partial charge is 0.315 e. The van der Waals surface area contributed by atoms with Gasteiger partial charge in [-0.1, -0.05) is 23.8 Å². The summed E-state index contributed by atoms with van der Waals surface area (Å²) in [5.41, 5.74) is 1.21. The summed E-state index contributed by atoms with van der Waals surface area (Å²) >= 11 is 0. The molecule has 2 aliphatic rings. The molecule has 2 aromatic carbocycles. The Bertz CT molecular complexity index is 1050. The Hall–Kier alpha value is -2.66. The lowest BCUT2D eigenvalue weighted by atomic mass is 9.90. The molecule has 0 unspecified atom stereocenters. The maximum absolute atomic E-state index is 12.3. The lowest BCUT2D eigenvalue weighted by molar-refractivity contribution is -0.147. The fourth-order valence-corrected chi connectivity index (χ4v) is 4.27. The third-order valence-electron chi connectivity index (χ3n) is 5.06. The van der Waals surface area contributed by atoms with E-state index in [0.717, 1.165) is 5.56 Å². The molecule has 10 heteroatoms. The molecule has 0 saturated carbocycles. The van der Waals surface area contributed by atoms with Crippen molar-refractivity contribution in [1.29, 1.82) is 0 Å². The number of rotatable bonds is 6. The minimum Gasteiger partial charge on any atom is -0.457 e. The Morgan fingerprint density at radius 1 is 1.13 bits per heavy atom. The van der Waals surface area contributed by atoms with Crippen LogP contribution in [0.3, 0.4) is 0 Å². The van der Waals surface area contributed by atoms with Crippen molar-refractivity contribution in [2.75, 3.05) is 13.4 Å². The number of aryl methyl sites for hydroxylation is 1. The van der Waals surface area contributed by atoms with Crippen molar-refractivity contribution in [2.24, 2.45) is 5.92 Å². The number of aliphatic hydroxyl groups excluding tert-OH is 2. The van der Waals surface area contributed by atoms with Crippen molar-refractivity contribution in [2.45, 2.75) is 30.1 Å². The van der Waals surface area contributed by atoms with Gasteiger partial charge in [-0.2, -0.15) is 8.42 Å². The van der Waals surface area contributed by atoms with Crippen molar-refractivity contribution < 1.29 is 41.8 Å². The minimum atomic E-state index is -4.10. The molecule has 1 fully saturated rings. The highest BCUT2D eigenvalue weighted by Gasteiger charge is 2.48. The van der Waals surface area contributed by atoms with Crippen LogP contribution in [0.15, 0.2) is 47.4 Å². The van der Waals surface area contributed by atoms with E-state index in [1.54, 1.807) is 24.3 Å². The molecule has 160 valence electrons. The van der Waals surface area contributed by atoms with Crippen molar-refractivity contribution in [3.63, 3.8) is 0 Å².